The topological polar surface area (TPSA) is 24.9 Å². The van der Waals surface area contributed by atoms with Crippen LogP contribution in [0.3, 0.4) is 0 Å². The highest BCUT2D eigenvalue weighted by molar-refractivity contribution is 5.33. The predicted octanol–water partition coefficient (Wildman–Crippen LogP) is 2.99. The minimum Gasteiger partial charge on any atom is -0.309 e. The molecule has 2 aromatic rings. The molecular weight excluding hydrogens is 208 g/mol. The minimum atomic E-state index is 0.885. The lowest BCUT2D eigenvalue weighted by Gasteiger charge is -2.10. The Morgan fingerprint density at radius 1 is 0.941 bits per heavy atom. The van der Waals surface area contributed by atoms with E-state index in [1.54, 1.807) is 0 Å². The molecule has 0 radical (unpaired) electrons. The fraction of sp³-hybridized carbons (Fsp3) is 0.267. The Hall–Kier alpha value is -1.67. The molecule has 17 heavy (non-hydrogen) atoms. The molecule has 0 saturated carbocycles. The molecule has 0 bridgehead atoms. The Morgan fingerprint density at radius 2 is 1.59 bits per heavy atom. The van der Waals surface area contributed by atoms with Crippen molar-refractivity contribution >= 4 is 0 Å². The molecule has 1 heterocycles. The monoisotopic (exact) mass is 226 g/mol. The van der Waals surface area contributed by atoms with E-state index in [4.69, 9.17) is 0 Å². The third kappa shape index (κ3) is 3.14. The first-order chi connectivity index (χ1) is 8.27. The van der Waals surface area contributed by atoms with Crippen molar-refractivity contribution in [3.63, 3.8) is 0 Å². The van der Waals surface area contributed by atoms with Gasteiger partial charge in [0.15, 0.2) is 0 Å². The third-order valence-electron chi connectivity index (χ3n) is 3.02. The molecule has 1 aromatic heterocycles. The van der Waals surface area contributed by atoms with Gasteiger partial charge in [0, 0.05) is 25.5 Å². The molecule has 0 fully saturated rings. The zero-order valence-electron chi connectivity index (χ0n) is 10.4. The van der Waals surface area contributed by atoms with Crippen LogP contribution in [0.25, 0.3) is 0 Å². The number of rotatable bonds is 4. The van der Waals surface area contributed by atoms with Crippen LogP contribution in [0.4, 0.5) is 0 Å². The highest BCUT2D eigenvalue weighted by Crippen LogP contribution is 2.12. The van der Waals surface area contributed by atoms with Crippen molar-refractivity contribution in [1.82, 2.24) is 10.3 Å². The lowest BCUT2D eigenvalue weighted by atomic mass is 10.0. The summed E-state index contributed by atoms with van der Waals surface area (Å²) in [6, 6.07) is 10.5. The van der Waals surface area contributed by atoms with Crippen LogP contribution in [0.15, 0.2) is 42.7 Å². The largest absolute Gasteiger partial charge is 0.309 e. The molecule has 1 N–H and O–H groups in total. The molecule has 0 spiro atoms. The molecule has 0 aliphatic carbocycles. The first kappa shape index (κ1) is 11.8. The first-order valence-electron chi connectivity index (χ1n) is 5.92. The maximum atomic E-state index is 4.01. The lowest BCUT2D eigenvalue weighted by molar-refractivity contribution is 0.687. The number of pyridine rings is 1. The van der Waals surface area contributed by atoms with Gasteiger partial charge in [-0.3, -0.25) is 4.98 Å². The Balaban J connectivity index is 1.95. The summed E-state index contributed by atoms with van der Waals surface area (Å²) in [6.45, 7) is 6.13. The van der Waals surface area contributed by atoms with Gasteiger partial charge in [0.2, 0.25) is 0 Å². The second-order valence-corrected chi connectivity index (χ2v) is 4.33. The maximum Gasteiger partial charge on any atom is 0.0271 e. The summed E-state index contributed by atoms with van der Waals surface area (Å²) in [5.74, 6) is 0. The summed E-state index contributed by atoms with van der Waals surface area (Å²) in [5.41, 5.74) is 5.38. The van der Waals surface area contributed by atoms with E-state index in [9.17, 15) is 0 Å². The molecule has 0 aliphatic rings. The summed E-state index contributed by atoms with van der Waals surface area (Å²) in [6.07, 6.45) is 3.66. The van der Waals surface area contributed by atoms with Crippen LogP contribution in [0.1, 0.15) is 22.3 Å². The van der Waals surface area contributed by atoms with Crippen molar-refractivity contribution < 1.29 is 0 Å². The fourth-order valence-electron chi connectivity index (χ4n) is 1.96. The molecule has 1 aromatic carbocycles. The Morgan fingerprint density at radius 3 is 2.24 bits per heavy atom. The van der Waals surface area contributed by atoms with E-state index in [0.29, 0.717) is 0 Å². The van der Waals surface area contributed by atoms with Crippen molar-refractivity contribution in [2.45, 2.75) is 26.9 Å². The number of aryl methyl sites for hydroxylation is 2. The molecule has 0 atom stereocenters. The van der Waals surface area contributed by atoms with Gasteiger partial charge >= 0.3 is 0 Å². The average Bonchev–Trinajstić information content (AvgIpc) is 2.34. The van der Waals surface area contributed by atoms with E-state index in [0.717, 1.165) is 13.1 Å². The van der Waals surface area contributed by atoms with Gasteiger partial charge in [-0.25, -0.2) is 0 Å². The number of benzene rings is 1. The molecule has 0 unspecified atom stereocenters. The highest BCUT2D eigenvalue weighted by Gasteiger charge is 2.01. The normalized spacial score (nSPS) is 10.5. The molecule has 2 heteroatoms. The zero-order chi connectivity index (χ0) is 12.1. The molecule has 0 aliphatic heterocycles. The molecule has 88 valence electrons. The summed E-state index contributed by atoms with van der Waals surface area (Å²) in [7, 11) is 0. The van der Waals surface area contributed by atoms with E-state index in [2.05, 4.69) is 42.3 Å². The van der Waals surface area contributed by atoms with Gasteiger partial charge in [-0.1, -0.05) is 18.2 Å². The number of nitrogens with zero attached hydrogens (tertiary/aromatic N) is 1. The van der Waals surface area contributed by atoms with E-state index >= 15 is 0 Å². The lowest BCUT2D eigenvalue weighted by Crippen LogP contribution is -2.14. The van der Waals surface area contributed by atoms with Gasteiger partial charge in [0.25, 0.3) is 0 Å². The molecule has 0 saturated heterocycles. The second-order valence-electron chi connectivity index (χ2n) is 4.33. The molecular formula is C15H18N2. The maximum absolute atomic E-state index is 4.01. The standard InChI is InChI=1S/C15H18N2/c1-12-4-3-5-13(2)15(12)11-17-10-14-6-8-16-9-7-14/h3-9,17H,10-11H2,1-2H3. The number of hydrogen-bond donors (Lipinski definition) is 1. The van der Waals surface area contributed by atoms with Crippen molar-refractivity contribution in [3.8, 4) is 0 Å². The van der Waals surface area contributed by atoms with Crippen LogP contribution < -0.4 is 5.32 Å². The summed E-state index contributed by atoms with van der Waals surface area (Å²) in [4.78, 5) is 4.01. The Kier molecular flexibility index (Phi) is 3.89. The van der Waals surface area contributed by atoms with Crippen molar-refractivity contribution in [2.75, 3.05) is 0 Å². The molecule has 2 rings (SSSR count). The van der Waals surface area contributed by atoms with Gasteiger partial charge in [-0.05, 0) is 48.2 Å². The number of aromatic nitrogens is 1. The van der Waals surface area contributed by atoms with Crippen molar-refractivity contribution in [2.24, 2.45) is 0 Å². The van der Waals surface area contributed by atoms with Crippen LogP contribution >= 0.6 is 0 Å². The van der Waals surface area contributed by atoms with Crippen LogP contribution in [-0.2, 0) is 13.1 Å². The quantitative estimate of drug-likeness (QED) is 0.867. The van der Waals surface area contributed by atoms with E-state index in [1.807, 2.05) is 24.5 Å². The average molecular weight is 226 g/mol. The van der Waals surface area contributed by atoms with Crippen LogP contribution in [0.5, 0.6) is 0 Å². The molecule has 2 nitrogen and oxygen atoms in total. The van der Waals surface area contributed by atoms with Crippen molar-refractivity contribution in [1.29, 1.82) is 0 Å². The van der Waals surface area contributed by atoms with Crippen LogP contribution in [0.2, 0.25) is 0 Å². The van der Waals surface area contributed by atoms with Gasteiger partial charge < -0.3 is 5.32 Å². The van der Waals surface area contributed by atoms with E-state index in [-0.39, 0.29) is 0 Å². The second kappa shape index (κ2) is 5.60. The predicted molar refractivity (Wildman–Crippen MR) is 70.7 cm³/mol. The number of hydrogen-bond acceptors (Lipinski definition) is 2. The van der Waals surface area contributed by atoms with Gasteiger partial charge in [0.1, 0.15) is 0 Å². The van der Waals surface area contributed by atoms with Gasteiger partial charge in [-0.15, -0.1) is 0 Å². The Labute approximate surface area is 103 Å². The zero-order valence-corrected chi connectivity index (χ0v) is 10.4. The summed E-state index contributed by atoms with van der Waals surface area (Å²) in [5, 5.41) is 3.47. The fourth-order valence-corrected chi connectivity index (χ4v) is 1.96. The van der Waals surface area contributed by atoms with Gasteiger partial charge in [-0.2, -0.15) is 0 Å². The SMILES string of the molecule is Cc1cccc(C)c1CNCc1ccncc1. The smallest absolute Gasteiger partial charge is 0.0271 e. The molecule has 0 amide bonds. The van der Waals surface area contributed by atoms with E-state index < -0.39 is 0 Å². The minimum absolute atomic E-state index is 0.885. The third-order valence-corrected chi connectivity index (χ3v) is 3.02. The number of nitrogens with one attached hydrogen (secondary N) is 1. The van der Waals surface area contributed by atoms with Gasteiger partial charge in [0.05, 0.1) is 0 Å². The van der Waals surface area contributed by atoms with Crippen molar-refractivity contribution in [3.05, 3.63) is 65.0 Å². The highest BCUT2D eigenvalue weighted by atomic mass is 14.8. The Bertz CT molecular complexity index is 457. The van der Waals surface area contributed by atoms with Crippen LogP contribution in [-0.4, -0.2) is 4.98 Å². The first-order valence-corrected chi connectivity index (χ1v) is 5.92. The van der Waals surface area contributed by atoms with Crippen LogP contribution in [0, 0.1) is 13.8 Å². The van der Waals surface area contributed by atoms with E-state index in [1.165, 1.54) is 22.3 Å². The summed E-state index contributed by atoms with van der Waals surface area (Å²) >= 11 is 0. The summed E-state index contributed by atoms with van der Waals surface area (Å²) < 4.78 is 0.